The summed E-state index contributed by atoms with van der Waals surface area (Å²) in [4.78, 5) is 12.0. The molecule has 0 heterocycles. The van der Waals surface area contributed by atoms with Crippen molar-refractivity contribution in [2.24, 2.45) is 5.73 Å². The van der Waals surface area contributed by atoms with Gasteiger partial charge in [-0.05, 0) is 19.4 Å². The minimum atomic E-state index is -3.12. The van der Waals surface area contributed by atoms with Gasteiger partial charge in [0.25, 0.3) is 0 Å². The van der Waals surface area contributed by atoms with E-state index in [0.717, 1.165) is 11.8 Å². The molecule has 1 unspecified atom stereocenters. The first kappa shape index (κ1) is 17.5. The molecule has 0 aliphatic heterocycles. The number of hydrogen-bond acceptors (Lipinski definition) is 5. The summed E-state index contributed by atoms with van der Waals surface area (Å²) in [6.07, 6.45) is 1.22. The molecule has 2 atom stereocenters. The van der Waals surface area contributed by atoms with E-state index < -0.39 is 15.9 Å². The van der Waals surface area contributed by atoms with Gasteiger partial charge in [0.2, 0.25) is 5.91 Å². The molecule has 1 aromatic rings. The number of nitrogens with one attached hydrogen (secondary N) is 1. The van der Waals surface area contributed by atoms with Crippen molar-refractivity contribution in [3.05, 3.63) is 29.8 Å². The van der Waals surface area contributed by atoms with Gasteiger partial charge in [-0.1, -0.05) is 18.2 Å². The lowest BCUT2D eigenvalue weighted by Crippen LogP contribution is -2.42. The van der Waals surface area contributed by atoms with Crippen LogP contribution in [-0.4, -0.2) is 39.5 Å². The second-order valence-corrected chi connectivity index (χ2v) is 7.26. The van der Waals surface area contributed by atoms with Crippen LogP contribution in [0.4, 0.5) is 0 Å². The number of nitrogens with two attached hydrogens (primary N) is 1. The van der Waals surface area contributed by atoms with E-state index in [1.807, 2.05) is 31.2 Å². The van der Waals surface area contributed by atoms with E-state index in [9.17, 15) is 13.2 Å². The Morgan fingerprint density at radius 2 is 2.00 bits per heavy atom. The Hall–Kier alpha value is -1.60. The Bertz CT molecular complexity index is 586. The number of sulfone groups is 1. The van der Waals surface area contributed by atoms with Crippen LogP contribution in [0.15, 0.2) is 24.3 Å². The number of ether oxygens (including phenoxy) is 1. The molecule has 0 aliphatic carbocycles. The van der Waals surface area contributed by atoms with Crippen molar-refractivity contribution < 1.29 is 17.9 Å². The van der Waals surface area contributed by atoms with Gasteiger partial charge in [-0.25, -0.2) is 8.42 Å². The zero-order valence-electron chi connectivity index (χ0n) is 12.5. The highest BCUT2D eigenvalue weighted by Crippen LogP contribution is 2.24. The van der Waals surface area contributed by atoms with E-state index in [1.165, 1.54) is 0 Å². The molecule has 0 spiro atoms. The summed E-state index contributed by atoms with van der Waals surface area (Å²) < 4.78 is 27.4. The number of hydrogen-bond donors (Lipinski definition) is 2. The van der Waals surface area contributed by atoms with Crippen LogP contribution in [0.3, 0.4) is 0 Å². The molecule has 0 aromatic heterocycles. The van der Waals surface area contributed by atoms with Gasteiger partial charge in [0.05, 0.1) is 24.9 Å². The zero-order chi connectivity index (χ0) is 16.0. The first-order valence-corrected chi connectivity index (χ1v) is 8.67. The molecule has 3 N–H and O–H groups in total. The maximum atomic E-state index is 12.0. The molecule has 0 radical (unpaired) electrons. The SMILES string of the molecule is COc1ccccc1[C@@H](C)NC(=O)C(N)CCS(C)(=O)=O. The maximum Gasteiger partial charge on any atom is 0.237 e. The zero-order valence-corrected chi connectivity index (χ0v) is 13.3. The Balaban J connectivity index is 2.65. The van der Waals surface area contributed by atoms with Gasteiger partial charge < -0.3 is 15.8 Å². The second kappa shape index (κ2) is 7.42. The number of carbonyl (C=O) groups is 1. The van der Waals surface area contributed by atoms with E-state index in [0.29, 0.717) is 5.75 Å². The third kappa shape index (κ3) is 5.73. The average Bonchev–Trinajstić information content (AvgIpc) is 2.43. The van der Waals surface area contributed by atoms with Gasteiger partial charge in [0, 0.05) is 11.8 Å². The molecule has 1 rings (SSSR count). The Morgan fingerprint density at radius 1 is 1.38 bits per heavy atom. The van der Waals surface area contributed by atoms with Gasteiger partial charge in [-0.3, -0.25) is 4.79 Å². The van der Waals surface area contributed by atoms with E-state index in [4.69, 9.17) is 10.5 Å². The van der Waals surface area contributed by atoms with Crippen molar-refractivity contribution >= 4 is 15.7 Å². The number of methoxy groups -OCH3 is 1. The monoisotopic (exact) mass is 314 g/mol. The van der Waals surface area contributed by atoms with Crippen LogP contribution < -0.4 is 15.8 Å². The lowest BCUT2D eigenvalue weighted by atomic mass is 10.1. The van der Waals surface area contributed by atoms with E-state index in [2.05, 4.69) is 5.32 Å². The van der Waals surface area contributed by atoms with Gasteiger partial charge in [0.1, 0.15) is 15.6 Å². The number of benzene rings is 1. The quantitative estimate of drug-likeness (QED) is 0.769. The third-order valence-corrected chi connectivity index (χ3v) is 4.08. The molecule has 0 fully saturated rings. The normalized spacial score (nSPS) is 14.3. The Labute approximate surface area is 125 Å². The lowest BCUT2D eigenvalue weighted by molar-refractivity contribution is -0.123. The summed E-state index contributed by atoms with van der Waals surface area (Å²) in [5, 5.41) is 2.77. The van der Waals surface area contributed by atoms with Crippen LogP contribution >= 0.6 is 0 Å². The largest absolute Gasteiger partial charge is 0.496 e. The molecule has 21 heavy (non-hydrogen) atoms. The van der Waals surface area contributed by atoms with Gasteiger partial charge in [-0.15, -0.1) is 0 Å². The standard InChI is InChI=1S/C14H22N2O4S/c1-10(11-6-4-5-7-13(11)20-2)16-14(17)12(15)8-9-21(3,18)19/h4-7,10,12H,8-9,15H2,1-3H3,(H,16,17)/t10-,12?/m1/s1. The first-order valence-electron chi connectivity index (χ1n) is 6.61. The molecule has 7 heteroatoms. The molecule has 6 nitrogen and oxygen atoms in total. The van der Waals surface area contributed by atoms with E-state index in [1.54, 1.807) is 7.11 Å². The highest BCUT2D eigenvalue weighted by atomic mass is 32.2. The lowest BCUT2D eigenvalue weighted by Gasteiger charge is -2.19. The van der Waals surface area contributed by atoms with Gasteiger partial charge in [0.15, 0.2) is 0 Å². The van der Waals surface area contributed by atoms with Crippen molar-refractivity contribution in [2.45, 2.75) is 25.4 Å². The fourth-order valence-corrected chi connectivity index (χ4v) is 2.58. The summed E-state index contributed by atoms with van der Waals surface area (Å²) in [5.74, 6) is 0.192. The van der Waals surface area contributed by atoms with Crippen molar-refractivity contribution in [3.63, 3.8) is 0 Å². The second-order valence-electron chi connectivity index (χ2n) is 5.00. The molecule has 118 valence electrons. The number of para-hydroxylation sites is 1. The number of rotatable bonds is 7. The topological polar surface area (TPSA) is 98.5 Å². The van der Waals surface area contributed by atoms with Crippen LogP contribution in [0.1, 0.15) is 24.9 Å². The highest BCUT2D eigenvalue weighted by molar-refractivity contribution is 7.90. The van der Waals surface area contributed by atoms with Crippen LogP contribution in [0, 0.1) is 0 Å². The summed E-state index contributed by atoms with van der Waals surface area (Å²) in [5.41, 5.74) is 6.55. The molecular weight excluding hydrogens is 292 g/mol. The molecule has 1 amide bonds. The summed E-state index contributed by atoms with van der Waals surface area (Å²) in [7, 11) is -1.56. The minimum Gasteiger partial charge on any atom is -0.496 e. The molecule has 0 bridgehead atoms. The smallest absolute Gasteiger partial charge is 0.237 e. The van der Waals surface area contributed by atoms with Crippen LogP contribution in [0.5, 0.6) is 5.75 Å². The predicted octanol–water partition coefficient (Wildman–Crippen LogP) is 0.634. The number of amides is 1. The summed E-state index contributed by atoms with van der Waals surface area (Å²) >= 11 is 0. The first-order chi connectivity index (χ1) is 9.74. The molecule has 1 aromatic carbocycles. The minimum absolute atomic E-state index is 0.101. The summed E-state index contributed by atoms with van der Waals surface area (Å²) in [6.45, 7) is 1.82. The highest BCUT2D eigenvalue weighted by Gasteiger charge is 2.19. The van der Waals surface area contributed by atoms with Crippen molar-refractivity contribution in [2.75, 3.05) is 19.1 Å². The van der Waals surface area contributed by atoms with Crippen molar-refractivity contribution in [1.82, 2.24) is 5.32 Å². The fourth-order valence-electron chi connectivity index (χ4n) is 1.89. The van der Waals surface area contributed by atoms with Crippen LogP contribution in [-0.2, 0) is 14.6 Å². The predicted molar refractivity (Wildman–Crippen MR) is 81.9 cm³/mol. The van der Waals surface area contributed by atoms with Crippen LogP contribution in [0.2, 0.25) is 0 Å². The Kier molecular flexibility index (Phi) is 6.17. The van der Waals surface area contributed by atoms with Gasteiger partial charge in [-0.2, -0.15) is 0 Å². The summed E-state index contributed by atoms with van der Waals surface area (Å²) in [6, 6.07) is 6.22. The van der Waals surface area contributed by atoms with Crippen molar-refractivity contribution in [3.8, 4) is 5.75 Å². The molecule has 0 aliphatic rings. The molecule has 0 saturated heterocycles. The molecular formula is C14H22N2O4S. The third-order valence-electron chi connectivity index (χ3n) is 3.10. The van der Waals surface area contributed by atoms with Crippen molar-refractivity contribution in [1.29, 1.82) is 0 Å². The van der Waals surface area contributed by atoms with E-state index in [-0.39, 0.29) is 24.1 Å². The maximum absolute atomic E-state index is 12.0. The van der Waals surface area contributed by atoms with Gasteiger partial charge >= 0.3 is 0 Å². The van der Waals surface area contributed by atoms with Crippen LogP contribution in [0.25, 0.3) is 0 Å². The van der Waals surface area contributed by atoms with E-state index >= 15 is 0 Å². The average molecular weight is 314 g/mol. The molecule has 0 saturated carbocycles. The number of carbonyl (C=O) groups excluding carboxylic acids is 1. The fraction of sp³-hybridized carbons (Fsp3) is 0.500. The Morgan fingerprint density at radius 3 is 2.57 bits per heavy atom.